The lowest BCUT2D eigenvalue weighted by Crippen LogP contribution is -2.36. The second kappa shape index (κ2) is 21.4. The molecular formula is C45H44N8O12. The van der Waals surface area contributed by atoms with Gasteiger partial charge in [0.05, 0.1) is 22.7 Å². The zero-order valence-corrected chi connectivity index (χ0v) is 34.6. The fraction of sp³-hybridized carbons (Fsp3) is 0.200. The van der Waals surface area contributed by atoms with Crippen LogP contribution in [-0.4, -0.2) is 95.1 Å². The van der Waals surface area contributed by atoms with Gasteiger partial charge in [-0.1, -0.05) is 12.1 Å². The van der Waals surface area contributed by atoms with E-state index in [1.807, 2.05) is 0 Å². The second-order valence-electron chi connectivity index (χ2n) is 14.4. The molecule has 0 saturated heterocycles. The Morgan fingerprint density at radius 2 is 1.34 bits per heavy atom. The van der Waals surface area contributed by atoms with Crippen molar-refractivity contribution in [3.63, 3.8) is 0 Å². The van der Waals surface area contributed by atoms with Gasteiger partial charge in [-0.15, -0.1) is 0 Å². The summed E-state index contributed by atoms with van der Waals surface area (Å²) in [6.07, 6.45) is 3.78. The second-order valence-corrected chi connectivity index (χ2v) is 14.4. The number of aromatic hydroxyl groups is 5. The lowest BCUT2D eigenvalue weighted by Gasteiger charge is -2.23. The summed E-state index contributed by atoms with van der Waals surface area (Å²) in [4.78, 5) is 73.2. The Balaban J connectivity index is 1.09. The number of hydrogen-bond donors (Lipinski definition) is 9. The number of anilines is 3. The van der Waals surface area contributed by atoms with Crippen molar-refractivity contribution in [1.82, 2.24) is 25.5 Å². The Morgan fingerprint density at radius 3 is 1.98 bits per heavy atom. The molecule has 65 heavy (non-hydrogen) atoms. The van der Waals surface area contributed by atoms with Gasteiger partial charge in [0.2, 0.25) is 11.8 Å². The van der Waals surface area contributed by atoms with Crippen LogP contribution in [0.25, 0.3) is 23.1 Å². The molecule has 0 atom stereocenters. The zero-order valence-electron chi connectivity index (χ0n) is 34.6. The van der Waals surface area contributed by atoms with Crippen LogP contribution in [0.1, 0.15) is 64.4 Å². The quantitative estimate of drug-likeness (QED) is 0.0137. The van der Waals surface area contributed by atoms with E-state index in [1.165, 1.54) is 72.8 Å². The van der Waals surface area contributed by atoms with Gasteiger partial charge in [-0.25, -0.2) is 9.97 Å². The summed E-state index contributed by atoms with van der Waals surface area (Å²) in [5.41, 5.74) is 1.17. The number of nitrogens with zero attached hydrogens (tertiary/aromatic N) is 4. The van der Waals surface area contributed by atoms with Crippen LogP contribution in [0.3, 0.4) is 0 Å². The molecule has 0 bridgehead atoms. The van der Waals surface area contributed by atoms with Gasteiger partial charge in [-0.05, 0) is 104 Å². The molecule has 6 rings (SSSR count). The minimum atomic E-state index is -0.659. The lowest BCUT2D eigenvalue weighted by molar-refractivity contribution is -0.402. The van der Waals surface area contributed by atoms with E-state index in [9.17, 15) is 54.8 Å². The number of para-hydroxylation sites is 2. The molecule has 9 N–H and O–H groups in total. The molecule has 0 saturated carbocycles. The molecule has 0 fully saturated rings. The summed E-state index contributed by atoms with van der Waals surface area (Å²) in [7, 11) is 0. The van der Waals surface area contributed by atoms with Crippen LogP contribution in [-0.2, 0) is 9.59 Å². The first-order valence-electron chi connectivity index (χ1n) is 20.2. The van der Waals surface area contributed by atoms with Gasteiger partial charge in [0, 0.05) is 55.8 Å². The monoisotopic (exact) mass is 888 g/mol. The molecule has 0 aliphatic rings. The Morgan fingerprint density at radius 1 is 0.708 bits per heavy atom. The molecule has 0 spiro atoms. The highest BCUT2D eigenvalue weighted by atomic mass is 16.6. The van der Waals surface area contributed by atoms with E-state index in [2.05, 4.69) is 31.2 Å². The van der Waals surface area contributed by atoms with E-state index in [1.54, 1.807) is 35.2 Å². The average Bonchev–Trinajstić information content (AvgIpc) is 3.77. The van der Waals surface area contributed by atoms with Crippen molar-refractivity contribution in [3.05, 3.63) is 124 Å². The molecule has 0 aliphatic heterocycles. The van der Waals surface area contributed by atoms with E-state index < -0.39 is 51.5 Å². The number of nitro groups is 1. The number of phenols is 5. The molecular weight excluding hydrogens is 845 g/mol. The van der Waals surface area contributed by atoms with Crippen molar-refractivity contribution in [2.24, 2.45) is 0 Å². The van der Waals surface area contributed by atoms with Crippen LogP contribution in [0.5, 0.6) is 28.7 Å². The average molecular weight is 889 g/mol. The van der Waals surface area contributed by atoms with Crippen LogP contribution in [0.2, 0.25) is 0 Å². The minimum absolute atomic E-state index is 0.0671. The summed E-state index contributed by atoms with van der Waals surface area (Å²) in [6.45, 7) is 0.740. The number of unbranched alkanes of at least 4 members (excludes halogenated alkanes) is 1. The SMILES string of the molecule is O=C(CCC(=O)N(CCCCNC(=O)c1cccc(O)c1O)CCCNC(=O)c1cccc(O)c1O)Nc1ccc2c(Nc3ccc(O)cc3)nc(C=Cc3ccc([N+](=O)[O-])o3)nc2c1. The fourth-order valence-electron chi connectivity index (χ4n) is 6.45. The maximum Gasteiger partial charge on any atom is 0.433 e. The van der Waals surface area contributed by atoms with Gasteiger partial charge < -0.3 is 56.1 Å². The number of amides is 4. The Bertz CT molecular complexity index is 2740. The molecule has 4 aromatic carbocycles. The summed E-state index contributed by atoms with van der Waals surface area (Å²) in [5.74, 6) is -3.60. The lowest BCUT2D eigenvalue weighted by atomic mass is 10.1. The van der Waals surface area contributed by atoms with Gasteiger partial charge >= 0.3 is 5.88 Å². The molecule has 20 heteroatoms. The normalized spacial score (nSPS) is 11.0. The van der Waals surface area contributed by atoms with Crippen LogP contribution < -0.4 is 21.3 Å². The first kappa shape index (κ1) is 45.8. The standard InChI is InChI=1S/C45H44N8O12/c54-29-13-10-27(11-14-29)49-43-31-17-12-28(26-34(31)50-37(51-43)18-15-30-16-21-40(65-30)53(63)64)48-38(57)19-20-39(58)52(25-5-23-47-45(62)33-7-4-9-36(56)42(33)60)24-2-1-22-46-44(61)32-6-3-8-35(55)41(32)59/h3-4,6-18,21,26,54-56,59-60H,1-2,5,19-20,22-25H2,(H,46,61)(H,47,62)(H,48,57)(H,49,50,51). The number of phenolic OH excluding ortho intramolecular Hbond substituents is 5. The molecule has 2 aromatic heterocycles. The van der Waals surface area contributed by atoms with Gasteiger partial charge in [0.15, 0.2) is 28.8 Å². The number of nitrogens with one attached hydrogen (secondary N) is 4. The van der Waals surface area contributed by atoms with E-state index >= 15 is 0 Å². The Hall–Kier alpha value is -8.68. The van der Waals surface area contributed by atoms with Gasteiger partial charge in [0.1, 0.15) is 22.3 Å². The molecule has 336 valence electrons. The molecule has 0 aliphatic carbocycles. The van der Waals surface area contributed by atoms with Crippen LogP contribution in [0.4, 0.5) is 23.1 Å². The van der Waals surface area contributed by atoms with Gasteiger partial charge in [-0.3, -0.25) is 29.3 Å². The number of benzene rings is 4. The third-order valence-electron chi connectivity index (χ3n) is 9.79. The van der Waals surface area contributed by atoms with Crippen LogP contribution in [0, 0.1) is 10.1 Å². The summed E-state index contributed by atoms with van der Waals surface area (Å²) < 4.78 is 5.21. The first-order chi connectivity index (χ1) is 31.2. The highest BCUT2D eigenvalue weighted by Crippen LogP contribution is 2.30. The van der Waals surface area contributed by atoms with Crippen molar-refractivity contribution in [2.75, 3.05) is 36.8 Å². The van der Waals surface area contributed by atoms with E-state index in [0.29, 0.717) is 47.4 Å². The maximum atomic E-state index is 13.6. The van der Waals surface area contributed by atoms with Crippen molar-refractivity contribution in [1.29, 1.82) is 0 Å². The predicted molar refractivity (Wildman–Crippen MR) is 238 cm³/mol. The van der Waals surface area contributed by atoms with Crippen molar-refractivity contribution >= 4 is 69.8 Å². The van der Waals surface area contributed by atoms with E-state index in [0.717, 1.165) is 0 Å². The van der Waals surface area contributed by atoms with Gasteiger partial charge in [-0.2, -0.15) is 0 Å². The van der Waals surface area contributed by atoms with E-state index in [-0.39, 0.29) is 73.4 Å². The zero-order chi connectivity index (χ0) is 46.5. The number of rotatable bonds is 20. The number of aromatic nitrogens is 2. The Kier molecular flexibility index (Phi) is 15.1. The molecule has 4 amide bonds. The smallest absolute Gasteiger partial charge is 0.433 e. The van der Waals surface area contributed by atoms with Crippen LogP contribution in [0.15, 0.2) is 95.4 Å². The van der Waals surface area contributed by atoms with Crippen molar-refractivity contribution < 1.29 is 54.1 Å². The minimum Gasteiger partial charge on any atom is -0.508 e. The molecule has 6 aromatic rings. The van der Waals surface area contributed by atoms with Crippen molar-refractivity contribution in [2.45, 2.75) is 32.1 Å². The number of fused-ring (bicyclic) bond motifs is 1. The molecule has 20 nitrogen and oxygen atoms in total. The first-order valence-corrected chi connectivity index (χ1v) is 20.2. The molecule has 0 radical (unpaired) electrons. The highest BCUT2D eigenvalue weighted by Gasteiger charge is 2.19. The topological polar surface area (TPSA) is 303 Å². The summed E-state index contributed by atoms with van der Waals surface area (Å²) in [6, 6.07) is 21.9. The number of carbonyl (C=O) groups excluding carboxylic acids is 4. The number of carbonyl (C=O) groups is 4. The molecule has 0 unspecified atom stereocenters. The number of hydrogen-bond acceptors (Lipinski definition) is 15. The van der Waals surface area contributed by atoms with Gasteiger partial charge in [0.25, 0.3) is 11.8 Å². The summed E-state index contributed by atoms with van der Waals surface area (Å²) >= 11 is 0. The van der Waals surface area contributed by atoms with E-state index in [4.69, 9.17) is 4.42 Å². The maximum absolute atomic E-state index is 13.6. The molecule has 2 heterocycles. The number of furan rings is 1. The Labute approximate surface area is 370 Å². The third-order valence-corrected chi connectivity index (χ3v) is 9.79. The van der Waals surface area contributed by atoms with Crippen LogP contribution >= 0.6 is 0 Å². The highest BCUT2D eigenvalue weighted by molar-refractivity contribution is 5.99. The fourth-order valence-corrected chi connectivity index (χ4v) is 6.45. The summed E-state index contributed by atoms with van der Waals surface area (Å²) in [5, 5.41) is 72.3. The predicted octanol–water partition coefficient (Wildman–Crippen LogP) is 6.15. The largest absolute Gasteiger partial charge is 0.508 e. The third kappa shape index (κ3) is 12.5. The van der Waals surface area contributed by atoms with Crippen molar-refractivity contribution in [3.8, 4) is 28.7 Å².